The minimum Gasteiger partial charge on any atom is -0.373 e. The van der Waals surface area contributed by atoms with Gasteiger partial charge >= 0.3 is 6.18 Å². The third-order valence-corrected chi connectivity index (χ3v) is 5.41. The summed E-state index contributed by atoms with van der Waals surface area (Å²) < 4.78 is 40.5. The van der Waals surface area contributed by atoms with Crippen LogP contribution in [-0.4, -0.2) is 40.7 Å². The number of amides is 1. The number of para-hydroxylation sites is 1. The van der Waals surface area contributed by atoms with E-state index in [1.165, 1.54) is 16.9 Å². The van der Waals surface area contributed by atoms with E-state index in [2.05, 4.69) is 10.00 Å². The van der Waals surface area contributed by atoms with Crippen molar-refractivity contribution in [2.75, 3.05) is 25.0 Å². The van der Waals surface area contributed by atoms with Gasteiger partial charge in [0.2, 0.25) is 0 Å². The standard InChI is InChI=1S/C22H21F3N4O/c1-15-19(13-26-29(15)18-8-5-7-17(12-18)22(23,24)25)21(30)28-11-10-27(2)20-9-4-3-6-16(20)14-28/h3-9,12-13H,10-11,14H2,1-2H3. The van der Waals surface area contributed by atoms with Crippen LogP contribution in [0.25, 0.3) is 5.69 Å². The molecule has 1 aromatic heterocycles. The number of carbonyl (C=O) groups is 1. The lowest BCUT2D eigenvalue weighted by Crippen LogP contribution is -2.34. The average molecular weight is 414 g/mol. The van der Waals surface area contributed by atoms with Crippen LogP contribution >= 0.6 is 0 Å². The Balaban J connectivity index is 1.64. The van der Waals surface area contributed by atoms with E-state index >= 15 is 0 Å². The molecule has 4 rings (SSSR count). The number of rotatable bonds is 2. The summed E-state index contributed by atoms with van der Waals surface area (Å²) in [5, 5.41) is 4.20. The molecular formula is C22H21F3N4O. The number of nitrogens with zero attached hydrogens (tertiary/aromatic N) is 4. The zero-order chi connectivity index (χ0) is 21.5. The van der Waals surface area contributed by atoms with Gasteiger partial charge in [-0.25, -0.2) is 4.68 Å². The van der Waals surface area contributed by atoms with Crippen molar-refractivity contribution in [2.45, 2.75) is 19.6 Å². The van der Waals surface area contributed by atoms with E-state index in [0.29, 0.717) is 30.9 Å². The second-order valence-corrected chi connectivity index (χ2v) is 7.38. The first-order valence-corrected chi connectivity index (χ1v) is 9.56. The molecule has 0 atom stereocenters. The van der Waals surface area contributed by atoms with E-state index in [-0.39, 0.29) is 11.6 Å². The van der Waals surface area contributed by atoms with Crippen LogP contribution in [0.4, 0.5) is 18.9 Å². The number of hydrogen-bond acceptors (Lipinski definition) is 3. The number of benzene rings is 2. The van der Waals surface area contributed by atoms with Crippen molar-refractivity contribution < 1.29 is 18.0 Å². The molecule has 1 amide bonds. The number of hydrogen-bond donors (Lipinski definition) is 0. The fourth-order valence-corrected chi connectivity index (χ4v) is 3.73. The van der Waals surface area contributed by atoms with Crippen LogP contribution in [0, 0.1) is 6.92 Å². The molecule has 2 aromatic carbocycles. The molecule has 1 aliphatic heterocycles. The van der Waals surface area contributed by atoms with Crippen molar-refractivity contribution >= 4 is 11.6 Å². The summed E-state index contributed by atoms with van der Waals surface area (Å²) in [6, 6.07) is 12.9. The molecule has 0 bridgehead atoms. The molecule has 0 saturated carbocycles. The number of anilines is 1. The fourth-order valence-electron chi connectivity index (χ4n) is 3.73. The lowest BCUT2D eigenvalue weighted by atomic mass is 10.1. The lowest BCUT2D eigenvalue weighted by molar-refractivity contribution is -0.137. The predicted octanol–water partition coefficient (Wildman–Crippen LogP) is 4.29. The van der Waals surface area contributed by atoms with E-state index in [9.17, 15) is 18.0 Å². The van der Waals surface area contributed by atoms with Gasteiger partial charge in [-0.1, -0.05) is 24.3 Å². The molecule has 0 saturated heterocycles. The maximum atomic E-state index is 13.2. The van der Waals surface area contributed by atoms with Gasteiger partial charge in [-0.3, -0.25) is 4.79 Å². The van der Waals surface area contributed by atoms with Gasteiger partial charge in [-0.05, 0) is 36.8 Å². The van der Waals surface area contributed by atoms with Crippen molar-refractivity contribution in [3.8, 4) is 5.69 Å². The molecule has 30 heavy (non-hydrogen) atoms. The monoisotopic (exact) mass is 414 g/mol. The van der Waals surface area contributed by atoms with Crippen molar-refractivity contribution in [1.29, 1.82) is 0 Å². The first-order chi connectivity index (χ1) is 14.3. The SMILES string of the molecule is Cc1c(C(=O)N2CCN(C)c3ccccc3C2)cnn1-c1cccc(C(F)(F)F)c1. The van der Waals surface area contributed by atoms with Crippen LogP contribution in [-0.2, 0) is 12.7 Å². The molecular weight excluding hydrogens is 393 g/mol. The fraction of sp³-hybridized carbons (Fsp3) is 0.273. The number of alkyl halides is 3. The summed E-state index contributed by atoms with van der Waals surface area (Å²) in [5.41, 5.74) is 2.54. The summed E-state index contributed by atoms with van der Waals surface area (Å²) in [6.45, 7) is 3.38. The minimum atomic E-state index is -4.44. The highest BCUT2D eigenvalue weighted by Gasteiger charge is 2.31. The van der Waals surface area contributed by atoms with Crippen molar-refractivity contribution in [2.24, 2.45) is 0 Å². The average Bonchev–Trinajstić information content (AvgIpc) is 3.02. The van der Waals surface area contributed by atoms with E-state index in [4.69, 9.17) is 0 Å². The molecule has 0 N–H and O–H groups in total. The highest BCUT2D eigenvalue weighted by atomic mass is 19.4. The summed E-state index contributed by atoms with van der Waals surface area (Å²) in [6.07, 6.45) is -3.01. The Morgan fingerprint density at radius 2 is 1.83 bits per heavy atom. The number of aromatic nitrogens is 2. The number of likely N-dealkylation sites (N-methyl/N-ethyl adjacent to an activating group) is 1. The third kappa shape index (κ3) is 3.65. The highest BCUT2D eigenvalue weighted by Crippen LogP contribution is 2.31. The largest absolute Gasteiger partial charge is 0.416 e. The maximum Gasteiger partial charge on any atom is 0.416 e. The molecule has 0 aliphatic carbocycles. The van der Waals surface area contributed by atoms with Gasteiger partial charge in [0, 0.05) is 32.4 Å². The van der Waals surface area contributed by atoms with Gasteiger partial charge in [-0.15, -0.1) is 0 Å². The first kappa shape index (κ1) is 20.0. The van der Waals surface area contributed by atoms with Gasteiger partial charge < -0.3 is 9.80 Å². The summed E-state index contributed by atoms with van der Waals surface area (Å²) >= 11 is 0. The quantitative estimate of drug-likeness (QED) is 0.628. The van der Waals surface area contributed by atoms with Crippen molar-refractivity contribution in [1.82, 2.24) is 14.7 Å². The second kappa shape index (κ2) is 7.51. The molecule has 2 heterocycles. The van der Waals surface area contributed by atoms with Gasteiger partial charge in [-0.2, -0.15) is 18.3 Å². The van der Waals surface area contributed by atoms with Gasteiger partial charge in [0.15, 0.2) is 0 Å². The van der Waals surface area contributed by atoms with E-state index in [1.807, 2.05) is 31.3 Å². The molecule has 156 valence electrons. The molecule has 0 spiro atoms. The Bertz CT molecular complexity index is 1090. The Labute approximate surface area is 172 Å². The van der Waals surface area contributed by atoms with Crippen LogP contribution in [0.5, 0.6) is 0 Å². The number of halogens is 3. The van der Waals surface area contributed by atoms with Gasteiger partial charge in [0.1, 0.15) is 0 Å². The van der Waals surface area contributed by atoms with Crippen LogP contribution in [0.2, 0.25) is 0 Å². The van der Waals surface area contributed by atoms with Gasteiger partial charge in [0.05, 0.1) is 28.7 Å². The Morgan fingerprint density at radius 3 is 2.60 bits per heavy atom. The minimum absolute atomic E-state index is 0.184. The van der Waals surface area contributed by atoms with E-state index < -0.39 is 11.7 Å². The number of fused-ring (bicyclic) bond motifs is 1. The van der Waals surface area contributed by atoms with Crippen molar-refractivity contribution in [3.05, 3.63) is 77.1 Å². The molecule has 1 aliphatic rings. The maximum absolute atomic E-state index is 13.2. The van der Waals surface area contributed by atoms with Gasteiger partial charge in [0.25, 0.3) is 5.91 Å². The normalized spacial score (nSPS) is 14.4. The molecule has 0 unspecified atom stereocenters. The smallest absolute Gasteiger partial charge is 0.373 e. The molecule has 0 radical (unpaired) electrons. The van der Waals surface area contributed by atoms with Crippen LogP contribution in [0.15, 0.2) is 54.7 Å². The highest BCUT2D eigenvalue weighted by molar-refractivity contribution is 5.95. The lowest BCUT2D eigenvalue weighted by Gasteiger charge is -2.21. The summed E-state index contributed by atoms with van der Waals surface area (Å²) in [4.78, 5) is 17.1. The van der Waals surface area contributed by atoms with Crippen LogP contribution in [0.3, 0.4) is 0 Å². The Hall–Kier alpha value is -3.29. The Kier molecular flexibility index (Phi) is 5.01. The zero-order valence-corrected chi connectivity index (χ0v) is 16.6. The summed E-state index contributed by atoms with van der Waals surface area (Å²) in [7, 11) is 1.99. The topological polar surface area (TPSA) is 41.4 Å². The molecule has 3 aromatic rings. The molecule has 8 heteroatoms. The Morgan fingerprint density at radius 1 is 1.07 bits per heavy atom. The van der Waals surface area contributed by atoms with Crippen LogP contribution in [0.1, 0.15) is 27.2 Å². The summed E-state index contributed by atoms with van der Waals surface area (Å²) in [5.74, 6) is -0.184. The van der Waals surface area contributed by atoms with Crippen molar-refractivity contribution in [3.63, 3.8) is 0 Å². The molecule has 5 nitrogen and oxygen atoms in total. The van der Waals surface area contributed by atoms with Crippen LogP contribution < -0.4 is 4.90 Å². The number of carbonyl (C=O) groups excluding carboxylic acids is 1. The zero-order valence-electron chi connectivity index (χ0n) is 16.6. The molecule has 0 fully saturated rings. The third-order valence-electron chi connectivity index (χ3n) is 5.41. The predicted molar refractivity (Wildman–Crippen MR) is 108 cm³/mol. The van der Waals surface area contributed by atoms with E-state index in [1.54, 1.807) is 17.9 Å². The second-order valence-electron chi connectivity index (χ2n) is 7.38. The first-order valence-electron chi connectivity index (χ1n) is 9.56. The van der Waals surface area contributed by atoms with E-state index in [0.717, 1.165) is 23.4 Å².